The number of rotatable bonds is 8. The second kappa shape index (κ2) is 10.2. The highest BCUT2D eigenvalue weighted by Crippen LogP contribution is 2.37. The molecule has 3 N–H and O–H groups in total. The van der Waals surface area contributed by atoms with E-state index in [0.717, 1.165) is 47.0 Å². The molecule has 0 aliphatic carbocycles. The van der Waals surface area contributed by atoms with Gasteiger partial charge in [-0.15, -0.1) is 0 Å². The average molecular weight is 497 g/mol. The normalized spacial score (nSPS) is 15.4. The van der Waals surface area contributed by atoms with E-state index in [1.807, 2.05) is 41.0 Å². The van der Waals surface area contributed by atoms with Crippen molar-refractivity contribution in [2.24, 2.45) is 5.73 Å². The molecule has 2 aromatic carbocycles. The summed E-state index contributed by atoms with van der Waals surface area (Å²) in [5.74, 6) is -0.246. The number of nitrogens with one attached hydrogen (secondary N) is 1. The van der Waals surface area contributed by atoms with Gasteiger partial charge in [-0.2, -0.15) is 0 Å². The number of aromatic nitrogens is 1. The Bertz CT molecular complexity index is 1340. The molecule has 0 radical (unpaired) electrons. The second-order valence-electron chi connectivity index (χ2n) is 8.99. The number of benzene rings is 2. The summed E-state index contributed by atoms with van der Waals surface area (Å²) in [7, 11) is -3.20. The number of hydrogen-bond donors (Lipinski definition) is 2. The fourth-order valence-corrected chi connectivity index (χ4v) is 6.00. The SMILES string of the molecule is CCS(=O)(=O)N1CCC(c2cn(-c3ccc(CCNC(C)=O)cc3)c3c(C(N)=O)cccc23)CC1. The van der Waals surface area contributed by atoms with Gasteiger partial charge in [0.15, 0.2) is 0 Å². The maximum atomic E-state index is 12.3. The summed E-state index contributed by atoms with van der Waals surface area (Å²) in [5, 5.41) is 3.77. The Morgan fingerprint density at radius 1 is 1.09 bits per heavy atom. The number of carbonyl (C=O) groups excluding carboxylic acids is 2. The first-order valence-electron chi connectivity index (χ1n) is 12.0. The number of primary amides is 1. The maximum Gasteiger partial charge on any atom is 0.250 e. The van der Waals surface area contributed by atoms with E-state index in [1.165, 1.54) is 6.92 Å². The third-order valence-corrected chi connectivity index (χ3v) is 8.66. The number of amides is 2. The van der Waals surface area contributed by atoms with Crippen LogP contribution in [0, 0.1) is 0 Å². The molecular weight excluding hydrogens is 464 g/mol. The lowest BCUT2D eigenvalue weighted by atomic mass is 9.89. The molecule has 35 heavy (non-hydrogen) atoms. The van der Waals surface area contributed by atoms with E-state index in [-0.39, 0.29) is 17.6 Å². The molecule has 0 spiro atoms. The summed E-state index contributed by atoms with van der Waals surface area (Å²) >= 11 is 0. The molecule has 3 aromatic rings. The van der Waals surface area contributed by atoms with Crippen LogP contribution in [0.2, 0.25) is 0 Å². The van der Waals surface area contributed by atoms with Gasteiger partial charge in [-0.3, -0.25) is 9.59 Å². The smallest absolute Gasteiger partial charge is 0.250 e. The maximum absolute atomic E-state index is 12.3. The number of sulfonamides is 1. The van der Waals surface area contributed by atoms with E-state index < -0.39 is 15.9 Å². The first kappa shape index (κ1) is 24.9. The molecule has 0 unspecified atom stereocenters. The minimum absolute atomic E-state index is 0.0509. The summed E-state index contributed by atoms with van der Waals surface area (Å²) in [5.41, 5.74) is 10.1. The minimum atomic E-state index is -3.20. The zero-order valence-electron chi connectivity index (χ0n) is 20.2. The van der Waals surface area contributed by atoms with Crippen molar-refractivity contribution in [1.29, 1.82) is 0 Å². The third kappa shape index (κ3) is 5.26. The topological polar surface area (TPSA) is 114 Å². The van der Waals surface area contributed by atoms with Gasteiger partial charge >= 0.3 is 0 Å². The number of nitrogens with zero attached hydrogens (tertiary/aromatic N) is 2. The molecule has 0 bridgehead atoms. The van der Waals surface area contributed by atoms with Gasteiger partial charge in [0.25, 0.3) is 5.91 Å². The highest BCUT2D eigenvalue weighted by Gasteiger charge is 2.29. The number of fused-ring (bicyclic) bond motifs is 1. The van der Waals surface area contributed by atoms with Gasteiger partial charge in [0, 0.05) is 43.8 Å². The lowest BCUT2D eigenvalue weighted by Crippen LogP contribution is -2.38. The van der Waals surface area contributed by atoms with Crippen LogP contribution in [0.25, 0.3) is 16.6 Å². The van der Waals surface area contributed by atoms with Gasteiger partial charge < -0.3 is 15.6 Å². The lowest BCUT2D eigenvalue weighted by Gasteiger charge is -2.30. The summed E-state index contributed by atoms with van der Waals surface area (Å²) < 4.78 is 28.2. The van der Waals surface area contributed by atoms with Crippen molar-refractivity contribution in [3.8, 4) is 5.69 Å². The monoisotopic (exact) mass is 496 g/mol. The Hall–Kier alpha value is -3.17. The number of piperidine rings is 1. The van der Waals surface area contributed by atoms with Gasteiger partial charge in [-0.05, 0) is 61.4 Å². The fourth-order valence-electron chi connectivity index (χ4n) is 4.87. The van der Waals surface area contributed by atoms with E-state index in [9.17, 15) is 18.0 Å². The summed E-state index contributed by atoms with van der Waals surface area (Å²) in [6.07, 6.45) is 4.24. The summed E-state index contributed by atoms with van der Waals surface area (Å²) in [6, 6.07) is 13.6. The predicted octanol–water partition coefficient (Wildman–Crippen LogP) is 2.94. The molecule has 2 heterocycles. The molecule has 0 saturated carbocycles. The van der Waals surface area contributed by atoms with E-state index in [4.69, 9.17) is 5.73 Å². The Morgan fingerprint density at radius 3 is 2.37 bits per heavy atom. The molecule has 0 atom stereocenters. The molecular formula is C26H32N4O4S. The van der Waals surface area contributed by atoms with Crippen molar-refractivity contribution < 1.29 is 18.0 Å². The molecule has 1 aromatic heterocycles. The van der Waals surface area contributed by atoms with Crippen molar-refractivity contribution in [3.63, 3.8) is 0 Å². The lowest BCUT2D eigenvalue weighted by molar-refractivity contribution is -0.118. The predicted molar refractivity (Wildman–Crippen MR) is 137 cm³/mol. The minimum Gasteiger partial charge on any atom is -0.366 e. The largest absolute Gasteiger partial charge is 0.366 e. The molecule has 1 aliphatic heterocycles. The average Bonchev–Trinajstić information content (AvgIpc) is 3.24. The van der Waals surface area contributed by atoms with Crippen LogP contribution in [-0.4, -0.2) is 54.5 Å². The number of nitrogens with two attached hydrogens (primary N) is 1. The van der Waals surface area contributed by atoms with Crippen LogP contribution in [-0.2, 0) is 21.2 Å². The van der Waals surface area contributed by atoms with Crippen molar-refractivity contribution in [3.05, 3.63) is 65.4 Å². The zero-order valence-corrected chi connectivity index (χ0v) is 21.0. The molecule has 186 valence electrons. The highest BCUT2D eigenvalue weighted by atomic mass is 32.2. The van der Waals surface area contributed by atoms with Gasteiger partial charge in [0.1, 0.15) is 0 Å². The number of para-hydroxylation sites is 1. The molecule has 1 saturated heterocycles. The first-order valence-corrected chi connectivity index (χ1v) is 13.6. The van der Waals surface area contributed by atoms with Crippen LogP contribution < -0.4 is 11.1 Å². The van der Waals surface area contributed by atoms with Crippen LogP contribution in [0.1, 0.15) is 54.1 Å². The van der Waals surface area contributed by atoms with Crippen molar-refractivity contribution >= 4 is 32.7 Å². The second-order valence-corrected chi connectivity index (χ2v) is 11.3. The number of hydrogen-bond acceptors (Lipinski definition) is 4. The Kier molecular flexibility index (Phi) is 7.28. The standard InChI is InChI=1S/C26H32N4O4S/c1-3-35(33,34)29-15-12-20(13-16-29)24-17-30(25-22(24)5-4-6-23(25)26(27)32)21-9-7-19(8-10-21)11-14-28-18(2)31/h4-10,17,20H,3,11-16H2,1-2H3,(H2,27,32)(H,28,31). The summed E-state index contributed by atoms with van der Waals surface area (Å²) in [6.45, 7) is 4.73. The van der Waals surface area contributed by atoms with Crippen molar-refractivity contribution in [2.75, 3.05) is 25.4 Å². The van der Waals surface area contributed by atoms with Gasteiger partial charge in [-0.1, -0.05) is 24.3 Å². The van der Waals surface area contributed by atoms with Crippen molar-refractivity contribution in [1.82, 2.24) is 14.2 Å². The molecule has 4 rings (SSSR count). The van der Waals surface area contributed by atoms with Crippen LogP contribution >= 0.6 is 0 Å². The molecule has 2 amide bonds. The Labute approximate surface area is 206 Å². The quantitative estimate of drug-likeness (QED) is 0.499. The van der Waals surface area contributed by atoms with Gasteiger partial charge in [0.05, 0.1) is 16.8 Å². The van der Waals surface area contributed by atoms with Gasteiger partial charge in [-0.25, -0.2) is 12.7 Å². The molecule has 9 heteroatoms. The highest BCUT2D eigenvalue weighted by molar-refractivity contribution is 7.89. The van der Waals surface area contributed by atoms with E-state index in [1.54, 1.807) is 17.3 Å². The molecule has 1 fully saturated rings. The third-order valence-electron chi connectivity index (χ3n) is 6.78. The Morgan fingerprint density at radius 2 is 1.77 bits per heavy atom. The van der Waals surface area contributed by atoms with Crippen LogP contribution in [0.3, 0.4) is 0 Å². The van der Waals surface area contributed by atoms with Crippen LogP contribution in [0.4, 0.5) is 0 Å². The van der Waals surface area contributed by atoms with Crippen molar-refractivity contribution in [2.45, 2.75) is 39.0 Å². The summed E-state index contributed by atoms with van der Waals surface area (Å²) in [4.78, 5) is 23.4. The van der Waals surface area contributed by atoms with Gasteiger partial charge in [0.2, 0.25) is 15.9 Å². The fraction of sp³-hybridized carbons (Fsp3) is 0.385. The Balaban J connectivity index is 1.68. The van der Waals surface area contributed by atoms with Crippen LogP contribution in [0.5, 0.6) is 0 Å². The molecule has 1 aliphatic rings. The zero-order chi connectivity index (χ0) is 25.2. The van der Waals surface area contributed by atoms with Crippen LogP contribution in [0.15, 0.2) is 48.7 Å². The van der Waals surface area contributed by atoms with E-state index >= 15 is 0 Å². The number of carbonyl (C=O) groups is 2. The first-order chi connectivity index (χ1) is 16.7. The molecule has 8 nitrogen and oxygen atoms in total. The van der Waals surface area contributed by atoms with E-state index in [0.29, 0.717) is 25.2 Å². The van der Waals surface area contributed by atoms with E-state index in [2.05, 4.69) is 11.5 Å².